The number of benzene rings is 1. The van der Waals surface area contributed by atoms with Gasteiger partial charge in [-0.05, 0) is 31.7 Å². The van der Waals surface area contributed by atoms with Crippen molar-refractivity contribution >= 4 is 17.3 Å². The number of anilines is 1. The molecule has 24 heavy (non-hydrogen) atoms. The van der Waals surface area contributed by atoms with E-state index < -0.39 is 10.8 Å². The number of nitrogen functional groups attached to an aromatic ring is 1. The summed E-state index contributed by atoms with van der Waals surface area (Å²) in [7, 11) is 0. The molecule has 1 atom stereocenters. The lowest BCUT2D eigenvalue weighted by Gasteiger charge is -2.43. The highest BCUT2D eigenvalue weighted by Crippen LogP contribution is 2.38. The summed E-state index contributed by atoms with van der Waals surface area (Å²) in [6, 6.07) is 4.26. The monoisotopic (exact) mass is 333 g/mol. The minimum Gasteiger partial charge on any atom is -0.398 e. The lowest BCUT2D eigenvalue weighted by molar-refractivity contribution is -0.385. The van der Waals surface area contributed by atoms with Crippen molar-refractivity contribution in [3.63, 3.8) is 0 Å². The van der Waals surface area contributed by atoms with E-state index in [1.807, 2.05) is 0 Å². The van der Waals surface area contributed by atoms with Crippen LogP contribution in [0.15, 0.2) is 18.2 Å². The maximum absolute atomic E-state index is 12.6. The van der Waals surface area contributed by atoms with Gasteiger partial charge in [-0.25, -0.2) is 0 Å². The van der Waals surface area contributed by atoms with Gasteiger partial charge in [-0.2, -0.15) is 0 Å². The number of nitrogens with one attached hydrogen (secondary N) is 1. The van der Waals surface area contributed by atoms with Gasteiger partial charge in [0.1, 0.15) is 5.56 Å². The highest BCUT2D eigenvalue weighted by Gasteiger charge is 2.39. The molecule has 0 radical (unpaired) electrons. The number of carbonyl (C=O) groups is 1. The Morgan fingerprint density at radius 2 is 2.08 bits per heavy atom. The van der Waals surface area contributed by atoms with Crippen molar-refractivity contribution in [2.45, 2.75) is 56.6 Å². The Bertz CT molecular complexity index is 635. The fraction of sp³-hybridized carbons (Fsp3) is 0.588. The van der Waals surface area contributed by atoms with Crippen LogP contribution in [0, 0.1) is 10.1 Å². The first-order valence-electron chi connectivity index (χ1n) is 8.48. The number of hydrogen-bond acceptors (Lipinski definition) is 5. The molecule has 0 aromatic heterocycles. The first-order chi connectivity index (χ1) is 11.5. The lowest BCUT2D eigenvalue weighted by atomic mass is 9.78. The molecule has 1 aromatic rings. The second kappa shape index (κ2) is 6.76. The molecule has 2 fully saturated rings. The summed E-state index contributed by atoms with van der Waals surface area (Å²) >= 11 is 0. The third-order valence-electron chi connectivity index (χ3n) is 5.09. The maximum Gasteiger partial charge on any atom is 0.284 e. The molecule has 1 saturated carbocycles. The summed E-state index contributed by atoms with van der Waals surface area (Å²) in [5, 5.41) is 14.1. The summed E-state index contributed by atoms with van der Waals surface area (Å²) in [5.41, 5.74) is 5.49. The van der Waals surface area contributed by atoms with Gasteiger partial charge in [0.05, 0.1) is 16.2 Å². The van der Waals surface area contributed by atoms with E-state index in [-0.39, 0.29) is 28.6 Å². The van der Waals surface area contributed by atoms with E-state index in [1.165, 1.54) is 24.6 Å². The van der Waals surface area contributed by atoms with E-state index in [0.717, 1.165) is 32.1 Å². The molecule has 3 rings (SSSR count). The van der Waals surface area contributed by atoms with Crippen molar-refractivity contribution in [1.82, 2.24) is 5.32 Å². The molecule has 1 spiro atoms. The molecule has 1 amide bonds. The molecular weight excluding hydrogens is 310 g/mol. The number of carbonyl (C=O) groups excluding carboxylic acids is 1. The predicted octanol–water partition coefficient (Wildman–Crippen LogP) is 2.79. The van der Waals surface area contributed by atoms with E-state index >= 15 is 0 Å². The molecule has 1 aliphatic heterocycles. The Hall–Kier alpha value is -2.15. The van der Waals surface area contributed by atoms with Crippen molar-refractivity contribution in [1.29, 1.82) is 0 Å². The van der Waals surface area contributed by atoms with Crippen LogP contribution in [0.2, 0.25) is 0 Å². The van der Waals surface area contributed by atoms with Gasteiger partial charge in [0, 0.05) is 18.7 Å². The standard InChI is InChI=1S/C17H23N3O4/c18-13-5-4-6-14(20(22)23)15(13)16(21)19-12-7-10-24-17(11-12)8-2-1-3-9-17/h4-6,12H,1-3,7-11,18H2,(H,19,21)/t12-/m0/s1. The SMILES string of the molecule is Nc1cccc([N+](=O)[O-])c1C(=O)N[C@H]1CCOC2(CCCCC2)C1. The molecule has 1 saturated heterocycles. The Morgan fingerprint density at radius 3 is 2.79 bits per heavy atom. The van der Waals surface area contributed by atoms with Gasteiger partial charge in [0.15, 0.2) is 0 Å². The number of nitro groups is 1. The van der Waals surface area contributed by atoms with E-state index in [0.29, 0.717) is 13.0 Å². The Labute approximate surface area is 140 Å². The normalized spacial score (nSPS) is 22.9. The molecule has 130 valence electrons. The van der Waals surface area contributed by atoms with Gasteiger partial charge in [-0.3, -0.25) is 14.9 Å². The predicted molar refractivity (Wildman–Crippen MR) is 89.8 cm³/mol. The van der Waals surface area contributed by atoms with E-state index in [2.05, 4.69) is 5.32 Å². The van der Waals surface area contributed by atoms with Crippen molar-refractivity contribution in [3.8, 4) is 0 Å². The Morgan fingerprint density at radius 1 is 1.33 bits per heavy atom. The summed E-state index contributed by atoms with van der Waals surface area (Å²) in [6.07, 6.45) is 7.05. The largest absolute Gasteiger partial charge is 0.398 e. The summed E-state index contributed by atoms with van der Waals surface area (Å²) in [6.45, 7) is 0.608. The number of nitrogens with two attached hydrogens (primary N) is 1. The Kier molecular flexibility index (Phi) is 4.71. The van der Waals surface area contributed by atoms with Gasteiger partial charge >= 0.3 is 0 Å². The van der Waals surface area contributed by atoms with Crippen molar-refractivity contribution in [3.05, 3.63) is 33.9 Å². The number of hydrogen-bond donors (Lipinski definition) is 2. The van der Waals surface area contributed by atoms with Crippen LogP contribution in [-0.4, -0.2) is 29.1 Å². The average molecular weight is 333 g/mol. The fourth-order valence-corrected chi connectivity index (χ4v) is 3.91. The zero-order chi connectivity index (χ0) is 17.2. The summed E-state index contributed by atoms with van der Waals surface area (Å²) in [5.74, 6) is -0.474. The second-order valence-corrected chi connectivity index (χ2v) is 6.75. The quantitative estimate of drug-likeness (QED) is 0.502. The van der Waals surface area contributed by atoms with Gasteiger partial charge in [0.2, 0.25) is 0 Å². The number of ether oxygens (including phenoxy) is 1. The zero-order valence-corrected chi connectivity index (χ0v) is 13.6. The molecular formula is C17H23N3O4. The molecule has 1 heterocycles. The lowest BCUT2D eigenvalue weighted by Crippen LogP contribution is -2.49. The molecule has 0 unspecified atom stereocenters. The van der Waals surface area contributed by atoms with Gasteiger partial charge in [-0.1, -0.05) is 25.3 Å². The molecule has 1 aromatic carbocycles. The van der Waals surface area contributed by atoms with Crippen LogP contribution in [0.3, 0.4) is 0 Å². The highest BCUT2D eigenvalue weighted by atomic mass is 16.6. The summed E-state index contributed by atoms with van der Waals surface area (Å²) < 4.78 is 6.03. The molecule has 2 aliphatic rings. The average Bonchev–Trinajstić information content (AvgIpc) is 2.55. The molecule has 1 aliphatic carbocycles. The van der Waals surface area contributed by atoms with Gasteiger partial charge < -0.3 is 15.8 Å². The van der Waals surface area contributed by atoms with Crippen molar-refractivity contribution in [2.24, 2.45) is 0 Å². The minimum atomic E-state index is -0.572. The number of amides is 1. The van der Waals surface area contributed by atoms with Crippen LogP contribution < -0.4 is 11.1 Å². The van der Waals surface area contributed by atoms with Crippen molar-refractivity contribution in [2.75, 3.05) is 12.3 Å². The van der Waals surface area contributed by atoms with Crippen LogP contribution in [0.5, 0.6) is 0 Å². The smallest absolute Gasteiger partial charge is 0.284 e. The maximum atomic E-state index is 12.6. The Balaban J connectivity index is 1.74. The van der Waals surface area contributed by atoms with Crippen LogP contribution in [0.1, 0.15) is 55.3 Å². The summed E-state index contributed by atoms with van der Waals surface area (Å²) in [4.78, 5) is 23.2. The second-order valence-electron chi connectivity index (χ2n) is 6.75. The van der Waals surface area contributed by atoms with Crippen LogP contribution in [0.25, 0.3) is 0 Å². The van der Waals surface area contributed by atoms with Crippen LogP contribution in [-0.2, 0) is 4.74 Å². The molecule has 7 nitrogen and oxygen atoms in total. The first-order valence-corrected chi connectivity index (χ1v) is 8.48. The van der Waals surface area contributed by atoms with E-state index in [1.54, 1.807) is 0 Å². The highest BCUT2D eigenvalue weighted by molar-refractivity contribution is 6.03. The minimum absolute atomic E-state index is 0.0384. The molecule has 7 heteroatoms. The third kappa shape index (κ3) is 3.36. The van der Waals surface area contributed by atoms with E-state index in [4.69, 9.17) is 10.5 Å². The van der Waals surface area contributed by atoms with Crippen LogP contribution >= 0.6 is 0 Å². The number of rotatable bonds is 3. The van der Waals surface area contributed by atoms with Gasteiger partial charge in [0.25, 0.3) is 11.6 Å². The van der Waals surface area contributed by atoms with Crippen LogP contribution in [0.4, 0.5) is 11.4 Å². The van der Waals surface area contributed by atoms with Crippen molar-refractivity contribution < 1.29 is 14.5 Å². The van der Waals surface area contributed by atoms with E-state index in [9.17, 15) is 14.9 Å². The zero-order valence-electron chi connectivity index (χ0n) is 13.6. The first kappa shape index (κ1) is 16.7. The molecule has 0 bridgehead atoms. The number of nitrogens with zero attached hydrogens (tertiary/aromatic N) is 1. The topological polar surface area (TPSA) is 107 Å². The molecule has 3 N–H and O–H groups in total. The van der Waals surface area contributed by atoms with Gasteiger partial charge in [-0.15, -0.1) is 0 Å². The fourth-order valence-electron chi connectivity index (χ4n) is 3.91. The number of nitro benzene ring substituents is 1. The third-order valence-corrected chi connectivity index (χ3v) is 5.09.